The van der Waals surface area contributed by atoms with E-state index >= 15 is 0 Å². The highest BCUT2D eigenvalue weighted by atomic mass is 35.5. The maximum Gasteiger partial charge on any atom is 0.254 e. The molecule has 2 aromatic rings. The average molecular weight is 529 g/mol. The van der Waals surface area contributed by atoms with Crippen LogP contribution < -0.4 is 19.5 Å². The number of halogens is 2. The highest BCUT2D eigenvalue weighted by Gasteiger charge is 2.28. The van der Waals surface area contributed by atoms with Crippen molar-refractivity contribution in [1.82, 2.24) is 10.4 Å². The van der Waals surface area contributed by atoms with E-state index in [1.54, 1.807) is 43.2 Å². The Hall–Kier alpha value is -2.27. The normalized spacial score (nSPS) is 17.2. The van der Waals surface area contributed by atoms with Crippen LogP contribution in [-0.4, -0.2) is 79.0 Å². The molecule has 1 aliphatic rings. The van der Waals surface area contributed by atoms with Crippen molar-refractivity contribution in [2.75, 3.05) is 40.0 Å². The molecule has 1 aliphatic heterocycles. The standard InChI is InChI=1S/C24H30Cl2N2O7/c1-24(2,14-29)35-22-9-21(19(8-20(22)26)23(31)27-3)32-12-16(30)10-28-11-18(13-33-28)34-17-6-4-15(25)5-7-17/h4-9,16,18,29-30H,10-14H2,1-3H3,(H,27,31)/t16-,18+/m0/s1. The Morgan fingerprint density at radius 3 is 2.63 bits per heavy atom. The first-order valence-electron chi connectivity index (χ1n) is 11.1. The number of aliphatic hydroxyl groups is 2. The number of carbonyl (C=O) groups excluding carboxylic acids is 1. The van der Waals surface area contributed by atoms with E-state index in [4.69, 9.17) is 42.3 Å². The summed E-state index contributed by atoms with van der Waals surface area (Å²) in [6.07, 6.45) is -1.12. The topological polar surface area (TPSA) is 110 Å². The van der Waals surface area contributed by atoms with E-state index in [0.29, 0.717) is 23.9 Å². The van der Waals surface area contributed by atoms with Crippen LogP contribution in [0.2, 0.25) is 10.0 Å². The zero-order valence-electron chi connectivity index (χ0n) is 19.8. The zero-order valence-corrected chi connectivity index (χ0v) is 21.3. The fourth-order valence-corrected chi connectivity index (χ4v) is 3.60. The van der Waals surface area contributed by atoms with Gasteiger partial charge in [-0.15, -0.1) is 0 Å². The summed E-state index contributed by atoms with van der Waals surface area (Å²) < 4.78 is 17.4. The Morgan fingerprint density at radius 1 is 1.26 bits per heavy atom. The number of carbonyl (C=O) groups is 1. The van der Waals surface area contributed by atoms with Crippen molar-refractivity contribution in [2.45, 2.75) is 31.7 Å². The van der Waals surface area contributed by atoms with Gasteiger partial charge in [0.1, 0.15) is 48.3 Å². The quantitative estimate of drug-likeness (QED) is 0.408. The molecule has 2 atom stereocenters. The maximum absolute atomic E-state index is 12.3. The van der Waals surface area contributed by atoms with E-state index < -0.39 is 17.6 Å². The number of hydrogen-bond acceptors (Lipinski definition) is 8. The smallest absolute Gasteiger partial charge is 0.254 e. The van der Waals surface area contributed by atoms with Crippen LogP contribution in [0.4, 0.5) is 0 Å². The van der Waals surface area contributed by atoms with Crippen molar-refractivity contribution >= 4 is 29.1 Å². The van der Waals surface area contributed by atoms with E-state index in [2.05, 4.69) is 5.32 Å². The highest BCUT2D eigenvalue weighted by Crippen LogP contribution is 2.35. The molecule has 1 saturated heterocycles. The number of hydroxylamine groups is 2. The summed E-state index contributed by atoms with van der Waals surface area (Å²) in [4.78, 5) is 17.9. The minimum Gasteiger partial charge on any atom is -0.490 e. The van der Waals surface area contributed by atoms with Crippen LogP contribution in [0.15, 0.2) is 36.4 Å². The molecule has 0 aromatic heterocycles. The summed E-state index contributed by atoms with van der Waals surface area (Å²) in [6.45, 7) is 4.00. The van der Waals surface area contributed by atoms with Gasteiger partial charge in [-0.2, -0.15) is 5.06 Å². The molecular formula is C24H30Cl2N2O7. The molecule has 9 nitrogen and oxygen atoms in total. The highest BCUT2D eigenvalue weighted by molar-refractivity contribution is 6.32. The number of hydrogen-bond donors (Lipinski definition) is 3. The predicted molar refractivity (Wildman–Crippen MR) is 132 cm³/mol. The molecular weight excluding hydrogens is 499 g/mol. The van der Waals surface area contributed by atoms with E-state index in [0.717, 1.165) is 0 Å². The molecule has 35 heavy (non-hydrogen) atoms. The van der Waals surface area contributed by atoms with E-state index in [-0.39, 0.29) is 47.9 Å². The van der Waals surface area contributed by atoms with E-state index in [1.807, 2.05) is 0 Å². The average Bonchev–Trinajstić information content (AvgIpc) is 3.26. The lowest BCUT2D eigenvalue weighted by Gasteiger charge is -2.25. The lowest BCUT2D eigenvalue weighted by atomic mass is 10.1. The van der Waals surface area contributed by atoms with Crippen molar-refractivity contribution in [1.29, 1.82) is 0 Å². The van der Waals surface area contributed by atoms with Gasteiger partial charge in [0.05, 0.1) is 30.3 Å². The van der Waals surface area contributed by atoms with Crippen LogP contribution in [0.1, 0.15) is 24.2 Å². The van der Waals surface area contributed by atoms with Crippen LogP contribution in [0.5, 0.6) is 17.2 Å². The van der Waals surface area contributed by atoms with E-state index in [9.17, 15) is 15.0 Å². The van der Waals surface area contributed by atoms with Gasteiger partial charge in [0.15, 0.2) is 0 Å². The number of β-amino-alcohol motifs (C(OH)–C–C–N with tert-alkyl or cyclic N) is 1. The number of nitrogens with one attached hydrogen (secondary N) is 1. The minimum absolute atomic E-state index is 0.114. The molecule has 3 rings (SSSR count). The molecule has 192 valence electrons. The van der Waals surface area contributed by atoms with Gasteiger partial charge in [-0.05, 0) is 44.2 Å². The molecule has 0 unspecified atom stereocenters. The summed E-state index contributed by atoms with van der Waals surface area (Å²) in [5.74, 6) is 0.700. The minimum atomic E-state index is -0.921. The summed E-state index contributed by atoms with van der Waals surface area (Å²) in [6, 6.07) is 9.95. The van der Waals surface area contributed by atoms with Crippen LogP contribution in [0, 0.1) is 0 Å². The fraction of sp³-hybridized carbons (Fsp3) is 0.458. The van der Waals surface area contributed by atoms with Crippen molar-refractivity contribution in [3.63, 3.8) is 0 Å². The second-order valence-electron chi connectivity index (χ2n) is 8.68. The second-order valence-corrected chi connectivity index (χ2v) is 9.52. The molecule has 11 heteroatoms. The second kappa shape index (κ2) is 12.1. The lowest BCUT2D eigenvalue weighted by Crippen LogP contribution is -2.35. The molecule has 0 radical (unpaired) electrons. The molecule has 1 fully saturated rings. The molecule has 2 aromatic carbocycles. The van der Waals surface area contributed by atoms with Gasteiger partial charge in [-0.3, -0.25) is 9.63 Å². The van der Waals surface area contributed by atoms with Gasteiger partial charge in [0, 0.05) is 18.1 Å². The monoisotopic (exact) mass is 528 g/mol. The molecule has 0 bridgehead atoms. The van der Waals surface area contributed by atoms with Crippen molar-refractivity contribution < 1.29 is 34.1 Å². The Kier molecular flexibility index (Phi) is 9.46. The number of ether oxygens (including phenoxy) is 3. The summed E-state index contributed by atoms with van der Waals surface area (Å²) in [5, 5.41) is 25.0. The van der Waals surface area contributed by atoms with Crippen LogP contribution >= 0.6 is 23.2 Å². The molecule has 1 amide bonds. The first kappa shape index (κ1) is 27.3. The lowest BCUT2D eigenvalue weighted by molar-refractivity contribution is -0.131. The first-order valence-corrected chi connectivity index (χ1v) is 11.8. The number of amides is 1. The van der Waals surface area contributed by atoms with Crippen LogP contribution in [0.3, 0.4) is 0 Å². The Bertz CT molecular complexity index is 1000. The summed E-state index contributed by atoms with van der Waals surface area (Å²) in [7, 11) is 1.49. The third-order valence-electron chi connectivity index (χ3n) is 5.09. The molecule has 0 saturated carbocycles. The van der Waals surface area contributed by atoms with Gasteiger partial charge in [0.2, 0.25) is 0 Å². The van der Waals surface area contributed by atoms with Gasteiger partial charge < -0.3 is 29.7 Å². The fourth-order valence-electron chi connectivity index (χ4n) is 3.27. The van der Waals surface area contributed by atoms with Crippen molar-refractivity contribution in [2.24, 2.45) is 0 Å². The third kappa shape index (κ3) is 7.86. The third-order valence-corrected chi connectivity index (χ3v) is 5.63. The SMILES string of the molecule is CNC(=O)c1cc(Cl)c(OC(C)(C)CO)cc1OC[C@@H](O)CN1C[C@@H](Oc2ccc(Cl)cc2)CO1. The maximum atomic E-state index is 12.3. The van der Waals surface area contributed by atoms with Gasteiger partial charge in [-0.1, -0.05) is 23.2 Å². The molecule has 0 spiro atoms. The zero-order chi connectivity index (χ0) is 25.6. The van der Waals surface area contributed by atoms with E-state index in [1.165, 1.54) is 19.2 Å². The Balaban J connectivity index is 1.59. The number of nitrogens with zero attached hydrogens (tertiary/aromatic N) is 1. The van der Waals surface area contributed by atoms with Gasteiger partial charge in [-0.25, -0.2) is 0 Å². The largest absolute Gasteiger partial charge is 0.490 e. The Labute approximate surface area is 214 Å². The number of benzene rings is 2. The molecule has 1 heterocycles. The van der Waals surface area contributed by atoms with Crippen molar-refractivity contribution in [3.8, 4) is 17.2 Å². The first-order chi connectivity index (χ1) is 16.6. The summed E-state index contributed by atoms with van der Waals surface area (Å²) >= 11 is 12.2. The Morgan fingerprint density at radius 2 is 1.97 bits per heavy atom. The van der Waals surface area contributed by atoms with Gasteiger partial charge in [0.25, 0.3) is 5.91 Å². The van der Waals surface area contributed by atoms with Crippen LogP contribution in [-0.2, 0) is 4.84 Å². The molecule has 3 N–H and O–H groups in total. The summed E-state index contributed by atoms with van der Waals surface area (Å²) in [5.41, 5.74) is -0.708. The van der Waals surface area contributed by atoms with Gasteiger partial charge >= 0.3 is 0 Å². The number of aliphatic hydroxyl groups excluding tert-OH is 2. The molecule has 0 aliphatic carbocycles. The van der Waals surface area contributed by atoms with Crippen LogP contribution in [0.25, 0.3) is 0 Å². The van der Waals surface area contributed by atoms with Crippen molar-refractivity contribution in [3.05, 3.63) is 52.0 Å². The number of rotatable bonds is 11. The predicted octanol–water partition coefficient (Wildman–Crippen LogP) is 2.94.